The fourth-order valence-electron chi connectivity index (χ4n) is 4.10. The molecule has 1 fully saturated rings. The van der Waals surface area contributed by atoms with Gasteiger partial charge in [-0.1, -0.05) is 65.3 Å². The Morgan fingerprint density at radius 2 is 1.67 bits per heavy atom. The van der Waals surface area contributed by atoms with Gasteiger partial charge in [0.1, 0.15) is 0 Å². The quantitative estimate of drug-likeness (QED) is 0.519. The first-order valence-electron chi connectivity index (χ1n) is 9.18. The summed E-state index contributed by atoms with van der Waals surface area (Å²) < 4.78 is 0. The third-order valence-electron chi connectivity index (χ3n) is 5.55. The first-order valence-corrected chi connectivity index (χ1v) is 9.18. The molecular formula is C24H26. The maximum absolute atomic E-state index is 4.08. The molecule has 1 unspecified atom stereocenters. The fourth-order valence-corrected chi connectivity index (χ4v) is 4.10. The molecule has 2 aliphatic carbocycles. The molecule has 1 atom stereocenters. The van der Waals surface area contributed by atoms with Gasteiger partial charge in [-0.2, -0.15) is 0 Å². The van der Waals surface area contributed by atoms with Crippen molar-refractivity contribution in [3.8, 4) is 0 Å². The summed E-state index contributed by atoms with van der Waals surface area (Å²) >= 11 is 0. The van der Waals surface area contributed by atoms with Gasteiger partial charge in [0.15, 0.2) is 0 Å². The van der Waals surface area contributed by atoms with E-state index in [9.17, 15) is 0 Å². The largest absolute Gasteiger partial charge is 0.100 e. The minimum absolute atomic E-state index is 0.447. The number of rotatable bonds is 5. The van der Waals surface area contributed by atoms with E-state index in [4.69, 9.17) is 0 Å². The molecule has 0 radical (unpaired) electrons. The van der Waals surface area contributed by atoms with Crippen LogP contribution in [0.15, 0.2) is 71.8 Å². The van der Waals surface area contributed by atoms with E-state index in [1.807, 2.05) is 0 Å². The van der Waals surface area contributed by atoms with E-state index in [1.54, 1.807) is 11.1 Å². The Labute approximate surface area is 145 Å². The smallest absolute Gasteiger partial charge is 0.0267 e. The molecule has 0 saturated heterocycles. The van der Waals surface area contributed by atoms with Gasteiger partial charge in [0.2, 0.25) is 0 Å². The molecule has 0 heterocycles. The molecular weight excluding hydrogens is 288 g/mol. The standard InChI is InChI=1S/C24H26/c1-16(2)8-10-19-11-9-17(3)24(19)23-15-14-20(18-12-13-18)21-6-4-5-7-22(21)23/h4-7,9,11,14-15,18,24H,1,8,10,12-13H2,2-3H3. The molecule has 1 saturated carbocycles. The van der Waals surface area contributed by atoms with Gasteiger partial charge >= 0.3 is 0 Å². The SMILES string of the molecule is C=C(C)CCC1=CC=C(C)C1c1ccc(C2CC2)c2ccccc12. The maximum atomic E-state index is 4.08. The van der Waals surface area contributed by atoms with Crippen molar-refractivity contribution in [1.29, 1.82) is 0 Å². The minimum atomic E-state index is 0.447. The summed E-state index contributed by atoms with van der Waals surface area (Å²) in [7, 11) is 0. The Hall–Kier alpha value is -2.08. The highest BCUT2D eigenvalue weighted by atomic mass is 14.3. The summed E-state index contributed by atoms with van der Waals surface area (Å²) in [5.74, 6) is 1.24. The van der Waals surface area contributed by atoms with Crippen LogP contribution in [-0.2, 0) is 0 Å². The lowest BCUT2D eigenvalue weighted by Gasteiger charge is -2.21. The zero-order valence-electron chi connectivity index (χ0n) is 14.8. The summed E-state index contributed by atoms with van der Waals surface area (Å²) in [5.41, 5.74) is 7.32. The van der Waals surface area contributed by atoms with Crippen LogP contribution in [0.4, 0.5) is 0 Å². The normalized spacial score (nSPS) is 20.2. The average Bonchev–Trinajstić information content (AvgIpc) is 3.35. The lowest BCUT2D eigenvalue weighted by atomic mass is 9.82. The number of allylic oxidation sites excluding steroid dienone is 5. The van der Waals surface area contributed by atoms with Gasteiger partial charge in [-0.25, -0.2) is 0 Å². The number of hydrogen-bond acceptors (Lipinski definition) is 0. The van der Waals surface area contributed by atoms with E-state index in [0.29, 0.717) is 5.92 Å². The van der Waals surface area contributed by atoms with Crippen molar-refractivity contribution in [3.63, 3.8) is 0 Å². The van der Waals surface area contributed by atoms with Crippen molar-refractivity contribution in [1.82, 2.24) is 0 Å². The van der Waals surface area contributed by atoms with Gasteiger partial charge in [-0.3, -0.25) is 0 Å². The second-order valence-electron chi connectivity index (χ2n) is 7.61. The molecule has 0 heteroatoms. The van der Waals surface area contributed by atoms with E-state index in [0.717, 1.165) is 18.8 Å². The van der Waals surface area contributed by atoms with Crippen LogP contribution in [0.5, 0.6) is 0 Å². The summed E-state index contributed by atoms with van der Waals surface area (Å²) in [4.78, 5) is 0. The van der Waals surface area contributed by atoms with Crippen molar-refractivity contribution in [2.75, 3.05) is 0 Å². The monoisotopic (exact) mass is 314 g/mol. The molecule has 0 bridgehead atoms. The molecule has 2 aromatic carbocycles. The Morgan fingerprint density at radius 1 is 1.00 bits per heavy atom. The molecule has 0 amide bonds. The second-order valence-corrected chi connectivity index (χ2v) is 7.61. The van der Waals surface area contributed by atoms with Gasteiger partial charge in [-0.15, -0.1) is 6.58 Å². The topological polar surface area (TPSA) is 0 Å². The van der Waals surface area contributed by atoms with Crippen molar-refractivity contribution in [2.24, 2.45) is 0 Å². The summed E-state index contributed by atoms with van der Waals surface area (Å²) in [6.45, 7) is 8.48. The number of benzene rings is 2. The molecule has 0 aliphatic heterocycles. The highest BCUT2D eigenvalue weighted by molar-refractivity contribution is 5.90. The van der Waals surface area contributed by atoms with Crippen LogP contribution in [0, 0.1) is 0 Å². The van der Waals surface area contributed by atoms with Crippen molar-refractivity contribution in [2.45, 2.75) is 51.4 Å². The Morgan fingerprint density at radius 3 is 2.33 bits per heavy atom. The lowest BCUT2D eigenvalue weighted by molar-refractivity contribution is 0.830. The lowest BCUT2D eigenvalue weighted by Crippen LogP contribution is -2.03. The van der Waals surface area contributed by atoms with Crippen LogP contribution in [-0.4, -0.2) is 0 Å². The molecule has 2 aromatic rings. The van der Waals surface area contributed by atoms with E-state index in [2.05, 4.69) is 69.0 Å². The second kappa shape index (κ2) is 6.09. The van der Waals surface area contributed by atoms with Crippen LogP contribution >= 0.6 is 0 Å². The Balaban J connectivity index is 1.78. The van der Waals surface area contributed by atoms with Crippen molar-refractivity contribution >= 4 is 10.8 Å². The van der Waals surface area contributed by atoms with E-state index >= 15 is 0 Å². The number of fused-ring (bicyclic) bond motifs is 1. The van der Waals surface area contributed by atoms with Gasteiger partial charge in [-0.05, 0) is 67.3 Å². The van der Waals surface area contributed by atoms with Crippen molar-refractivity contribution in [3.05, 3.63) is 83.0 Å². The predicted octanol–water partition coefficient (Wildman–Crippen LogP) is 7.04. The van der Waals surface area contributed by atoms with Gasteiger partial charge < -0.3 is 0 Å². The van der Waals surface area contributed by atoms with E-state index in [-0.39, 0.29) is 0 Å². The highest BCUT2D eigenvalue weighted by Gasteiger charge is 2.28. The van der Waals surface area contributed by atoms with Gasteiger partial charge in [0.05, 0.1) is 0 Å². The molecule has 24 heavy (non-hydrogen) atoms. The first kappa shape index (κ1) is 15.4. The Kier molecular flexibility index (Phi) is 3.92. The zero-order valence-corrected chi connectivity index (χ0v) is 14.8. The number of hydrogen-bond donors (Lipinski definition) is 0. The van der Waals surface area contributed by atoms with Crippen LogP contribution in [0.25, 0.3) is 10.8 Å². The maximum Gasteiger partial charge on any atom is 0.0267 e. The van der Waals surface area contributed by atoms with Crippen LogP contribution in [0.1, 0.15) is 62.5 Å². The Bertz CT molecular complexity index is 859. The predicted molar refractivity (Wildman–Crippen MR) is 105 cm³/mol. The fraction of sp³-hybridized carbons (Fsp3) is 0.333. The first-order chi connectivity index (χ1) is 11.6. The molecule has 2 aliphatic rings. The molecule has 0 spiro atoms. The molecule has 0 aromatic heterocycles. The van der Waals surface area contributed by atoms with Crippen LogP contribution in [0.2, 0.25) is 0 Å². The van der Waals surface area contributed by atoms with E-state index in [1.165, 1.54) is 40.3 Å². The van der Waals surface area contributed by atoms with Gasteiger partial charge in [0, 0.05) is 5.92 Å². The molecule has 0 N–H and O–H groups in total. The van der Waals surface area contributed by atoms with E-state index < -0.39 is 0 Å². The molecule has 4 rings (SSSR count). The van der Waals surface area contributed by atoms with Gasteiger partial charge in [0.25, 0.3) is 0 Å². The zero-order chi connectivity index (χ0) is 16.7. The van der Waals surface area contributed by atoms with Crippen molar-refractivity contribution < 1.29 is 0 Å². The summed E-state index contributed by atoms with van der Waals surface area (Å²) in [5, 5.41) is 2.92. The minimum Gasteiger partial charge on any atom is -0.100 e. The third-order valence-corrected chi connectivity index (χ3v) is 5.55. The third kappa shape index (κ3) is 2.75. The summed E-state index contributed by atoms with van der Waals surface area (Å²) in [6.07, 6.45) is 9.56. The average molecular weight is 314 g/mol. The highest BCUT2D eigenvalue weighted by Crippen LogP contribution is 2.47. The van der Waals surface area contributed by atoms with Crippen LogP contribution in [0.3, 0.4) is 0 Å². The van der Waals surface area contributed by atoms with Crippen LogP contribution < -0.4 is 0 Å². The molecule has 122 valence electrons. The molecule has 0 nitrogen and oxygen atoms in total. The summed E-state index contributed by atoms with van der Waals surface area (Å²) in [6, 6.07) is 13.8.